The standard InChI is InChI=1S/C11H15N3O2.C6H13N.C5H3ClN2O2.C2H6O.CH4/c1-9-3-2-6-13(8-9)10-4-5-12-11(7-10)14(15)16;1-6-3-2-4-7-5-6;6-4-1-2-7-5(3-4)8(9)10;1-2-3;/h4-5,7,9H,2-3,6,8H2,1H3;6-7H,2-5H2,1H3;1-3H;3H,2H2,1H3;1H4/t9-;6-;;;/m11.../s1. The van der Waals surface area contributed by atoms with Gasteiger partial charge in [-0.25, -0.2) is 0 Å². The molecular formula is C25H41ClN6O5. The summed E-state index contributed by atoms with van der Waals surface area (Å²) in [6.45, 7) is 10.9. The second kappa shape index (κ2) is 19.3. The Bertz CT molecular complexity index is 930. The zero-order valence-electron chi connectivity index (χ0n) is 21.2. The molecule has 0 aliphatic carbocycles. The summed E-state index contributed by atoms with van der Waals surface area (Å²) in [6.07, 6.45) is 7.99. The molecule has 12 heteroatoms. The predicted molar refractivity (Wildman–Crippen MR) is 148 cm³/mol. The smallest absolute Gasteiger partial charge is 0.365 e. The van der Waals surface area contributed by atoms with Crippen LogP contribution in [0, 0.1) is 32.1 Å². The van der Waals surface area contributed by atoms with Crippen LogP contribution >= 0.6 is 11.6 Å². The summed E-state index contributed by atoms with van der Waals surface area (Å²) in [5, 5.41) is 31.9. The minimum absolute atomic E-state index is 0. The number of halogens is 1. The quantitative estimate of drug-likeness (QED) is 0.379. The molecule has 0 spiro atoms. The van der Waals surface area contributed by atoms with Crippen LogP contribution in [0.1, 0.15) is 53.9 Å². The fraction of sp³-hybridized carbons (Fsp3) is 0.600. The van der Waals surface area contributed by atoms with Gasteiger partial charge in [-0.2, -0.15) is 0 Å². The molecule has 2 saturated heterocycles. The van der Waals surface area contributed by atoms with Gasteiger partial charge in [0.1, 0.15) is 12.4 Å². The van der Waals surface area contributed by atoms with Gasteiger partial charge >= 0.3 is 11.6 Å². The average molecular weight is 541 g/mol. The van der Waals surface area contributed by atoms with Crippen molar-refractivity contribution < 1.29 is 15.0 Å². The molecule has 208 valence electrons. The van der Waals surface area contributed by atoms with Gasteiger partial charge in [-0.1, -0.05) is 32.9 Å². The molecular weight excluding hydrogens is 500 g/mol. The molecule has 4 heterocycles. The predicted octanol–water partition coefficient (Wildman–Crippen LogP) is 5.51. The molecule has 0 radical (unpaired) electrons. The number of aromatic nitrogens is 2. The summed E-state index contributed by atoms with van der Waals surface area (Å²) in [5.41, 5.74) is 0.910. The maximum absolute atomic E-state index is 10.6. The van der Waals surface area contributed by atoms with Crippen molar-refractivity contribution in [3.63, 3.8) is 0 Å². The van der Waals surface area contributed by atoms with Crippen LogP contribution < -0.4 is 10.2 Å². The molecule has 37 heavy (non-hydrogen) atoms. The number of hydrogen-bond acceptors (Lipinski definition) is 9. The minimum Gasteiger partial charge on any atom is -0.397 e. The number of rotatable bonds is 3. The molecule has 2 aromatic rings. The highest BCUT2D eigenvalue weighted by Gasteiger charge is 2.18. The number of aliphatic hydroxyl groups is 1. The molecule has 0 amide bonds. The molecule has 2 aliphatic heterocycles. The maximum Gasteiger partial charge on any atom is 0.365 e. The lowest BCUT2D eigenvalue weighted by Gasteiger charge is -2.32. The van der Waals surface area contributed by atoms with Crippen LogP contribution in [0.15, 0.2) is 36.7 Å². The second-order valence-corrected chi connectivity index (χ2v) is 9.12. The number of nitrogens with one attached hydrogen (secondary N) is 1. The van der Waals surface area contributed by atoms with E-state index in [0.29, 0.717) is 10.9 Å². The fourth-order valence-electron chi connectivity index (χ4n) is 3.65. The maximum atomic E-state index is 10.6. The van der Waals surface area contributed by atoms with Gasteiger partial charge in [0, 0.05) is 37.5 Å². The lowest BCUT2D eigenvalue weighted by atomic mass is 10.00. The number of pyridine rings is 2. The molecule has 0 bridgehead atoms. The van der Waals surface area contributed by atoms with Crippen LogP contribution in [0.25, 0.3) is 0 Å². The summed E-state index contributed by atoms with van der Waals surface area (Å²) in [5.74, 6) is 1.28. The SMILES string of the molecule is C.CCO.C[C@@H]1CCCN(c2ccnc([N+](=O)[O-])c2)C1.C[C@@H]1CCCNC1.O=[N+]([O-])c1cc(Cl)ccn1. The molecule has 2 atom stereocenters. The third-order valence-corrected chi connectivity index (χ3v) is 5.61. The lowest BCUT2D eigenvalue weighted by Crippen LogP contribution is -2.34. The monoisotopic (exact) mass is 540 g/mol. The molecule has 2 aliphatic rings. The van der Waals surface area contributed by atoms with Crippen LogP contribution in [0.4, 0.5) is 17.3 Å². The first kappa shape index (κ1) is 34.1. The van der Waals surface area contributed by atoms with Gasteiger partial charge in [0.25, 0.3) is 0 Å². The molecule has 0 saturated carbocycles. The summed E-state index contributed by atoms with van der Waals surface area (Å²) in [7, 11) is 0. The van der Waals surface area contributed by atoms with Gasteiger partial charge in [0.2, 0.25) is 0 Å². The van der Waals surface area contributed by atoms with Crippen molar-refractivity contribution in [2.75, 3.05) is 37.7 Å². The number of nitro groups is 2. The number of nitrogens with zero attached hydrogens (tertiary/aromatic N) is 5. The summed E-state index contributed by atoms with van der Waals surface area (Å²) < 4.78 is 0. The van der Waals surface area contributed by atoms with E-state index in [-0.39, 0.29) is 25.7 Å². The van der Waals surface area contributed by atoms with E-state index in [1.54, 1.807) is 13.0 Å². The van der Waals surface area contributed by atoms with Gasteiger partial charge in [0.15, 0.2) is 0 Å². The van der Waals surface area contributed by atoms with Gasteiger partial charge in [-0.3, -0.25) is 0 Å². The Morgan fingerprint density at radius 2 is 1.62 bits per heavy atom. The van der Waals surface area contributed by atoms with Crippen LogP contribution in [-0.2, 0) is 0 Å². The van der Waals surface area contributed by atoms with Crippen LogP contribution in [-0.4, -0.2) is 57.7 Å². The van der Waals surface area contributed by atoms with E-state index < -0.39 is 9.85 Å². The van der Waals surface area contributed by atoms with Gasteiger partial charge in [0.05, 0.1) is 17.2 Å². The molecule has 2 fully saturated rings. The van der Waals surface area contributed by atoms with Crippen molar-refractivity contribution in [1.29, 1.82) is 0 Å². The largest absolute Gasteiger partial charge is 0.397 e. The van der Waals surface area contributed by atoms with Crippen LogP contribution in [0.5, 0.6) is 0 Å². The van der Waals surface area contributed by atoms with Gasteiger partial charge in [-0.15, -0.1) is 0 Å². The Balaban J connectivity index is 0.000000530. The molecule has 4 rings (SSSR count). The first-order valence-electron chi connectivity index (χ1n) is 12.1. The van der Waals surface area contributed by atoms with E-state index in [1.807, 2.05) is 6.07 Å². The number of aliphatic hydroxyl groups excluding tert-OH is 1. The van der Waals surface area contributed by atoms with Gasteiger partial charge in [-0.05, 0) is 77.3 Å². The second-order valence-electron chi connectivity index (χ2n) is 8.68. The Kier molecular flexibility index (Phi) is 17.7. The van der Waals surface area contributed by atoms with Gasteiger partial charge < -0.3 is 35.6 Å². The van der Waals surface area contributed by atoms with Crippen LogP contribution in [0.2, 0.25) is 5.02 Å². The summed E-state index contributed by atoms with van der Waals surface area (Å²) in [4.78, 5) is 29.0. The molecule has 2 N–H and O–H groups in total. The first-order valence-corrected chi connectivity index (χ1v) is 12.5. The average Bonchev–Trinajstić information content (AvgIpc) is 2.86. The third kappa shape index (κ3) is 14.4. The Labute approximate surface area is 224 Å². The number of hydrogen-bond donors (Lipinski definition) is 2. The highest BCUT2D eigenvalue weighted by Crippen LogP contribution is 2.24. The van der Waals surface area contributed by atoms with Crippen molar-refractivity contribution >= 4 is 28.9 Å². The Morgan fingerprint density at radius 3 is 2.05 bits per heavy atom. The fourth-order valence-corrected chi connectivity index (χ4v) is 3.80. The molecule has 0 aromatic carbocycles. The van der Waals surface area contributed by atoms with Crippen molar-refractivity contribution in [3.05, 3.63) is 61.9 Å². The van der Waals surface area contributed by atoms with Crippen molar-refractivity contribution in [3.8, 4) is 0 Å². The Morgan fingerprint density at radius 1 is 1.05 bits per heavy atom. The van der Waals surface area contributed by atoms with E-state index in [4.69, 9.17) is 16.7 Å². The van der Waals surface area contributed by atoms with E-state index in [0.717, 1.165) is 31.1 Å². The van der Waals surface area contributed by atoms with Crippen molar-refractivity contribution in [2.45, 2.75) is 53.9 Å². The Hall–Kier alpha value is -2.89. The van der Waals surface area contributed by atoms with E-state index in [1.165, 1.54) is 56.9 Å². The van der Waals surface area contributed by atoms with Crippen LogP contribution in [0.3, 0.4) is 0 Å². The van der Waals surface area contributed by atoms with Crippen molar-refractivity contribution in [1.82, 2.24) is 15.3 Å². The van der Waals surface area contributed by atoms with E-state index >= 15 is 0 Å². The first-order chi connectivity index (χ1) is 17.2. The highest BCUT2D eigenvalue weighted by atomic mass is 35.5. The minimum atomic E-state index is -0.591. The zero-order valence-corrected chi connectivity index (χ0v) is 21.9. The van der Waals surface area contributed by atoms with Crippen molar-refractivity contribution in [2.24, 2.45) is 11.8 Å². The topological polar surface area (TPSA) is 148 Å². The summed E-state index contributed by atoms with van der Waals surface area (Å²) in [6, 6.07) is 6.07. The molecule has 0 unspecified atom stereocenters. The van der Waals surface area contributed by atoms with E-state index in [2.05, 4.69) is 34.0 Å². The number of anilines is 1. The van der Waals surface area contributed by atoms with E-state index in [9.17, 15) is 20.2 Å². The summed E-state index contributed by atoms with van der Waals surface area (Å²) >= 11 is 5.44. The molecule has 2 aromatic heterocycles. The normalized spacial score (nSPS) is 18.2. The highest BCUT2D eigenvalue weighted by molar-refractivity contribution is 6.30. The third-order valence-electron chi connectivity index (χ3n) is 5.38. The lowest BCUT2D eigenvalue weighted by molar-refractivity contribution is -0.389. The number of piperidine rings is 2. The molecule has 11 nitrogen and oxygen atoms in total. The zero-order chi connectivity index (χ0) is 26.9.